The van der Waals surface area contributed by atoms with Crippen molar-refractivity contribution in [1.82, 2.24) is 10.4 Å². The van der Waals surface area contributed by atoms with Crippen molar-refractivity contribution in [3.63, 3.8) is 0 Å². The third-order valence-corrected chi connectivity index (χ3v) is 5.12. The van der Waals surface area contributed by atoms with Crippen LogP contribution < -0.4 is 11.2 Å². The lowest BCUT2D eigenvalue weighted by molar-refractivity contribution is 0.0535. The van der Waals surface area contributed by atoms with E-state index in [0.29, 0.717) is 31.1 Å². The molecule has 0 radical (unpaired) electrons. The molecule has 3 rings (SSSR count). The quantitative estimate of drug-likeness (QED) is 0.686. The van der Waals surface area contributed by atoms with Gasteiger partial charge in [-0.05, 0) is 48.1 Å². The molecule has 0 unspecified atom stereocenters. The van der Waals surface area contributed by atoms with Crippen LogP contribution in [-0.2, 0) is 11.4 Å². The number of piperidine rings is 1. The first kappa shape index (κ1) is 19.9. The number of hydrogen-bond acceptors (Lipinski definition) is 5. The van der Waals surface area contributed by atoms with Crippen LogP contribution in [0.5, 0.6) is 5.75 Å². The summed E-state index contributed by atoms with van der Waals surface area (Å²) >= 11 is 0. The zero-order chi connectivity index (χ0) is 20.1. The number of nitrogens with zero attached hydrogens (tertiary/aromatic N) is 1. The standard InChI is InChI=1S/C21H25N3O4/c1-28-23-20(26)18-12-17(5-6-19(18)25)21(27)24-9-7-15(8-10-24)16-4-2-3-14(11-16)13-22/h2-6,11-12,15,25H,7-10,13,22H2,1H3,(H,23,26). The lowest BCUT2D eigenvalue weighted by atomic mass is 9.88. The molecule has 0 atom stereocenters. The molecule has 2 amide bonds. The summed E-state index contributed by atoms with van der Waals surface area (Å²) in [5.41, 5.74) is 10.6. The number of phenols is 1. The molecule has 1 fully saturated rings. The van der Waals surface area contributed by atoms with Crippen LogP contribution in [0.3, 0.4) is 0 Å². The van der Waals surface area contributed by atoms with Crippen molar-refractivity contribution in [2.24, 2.45) is 5.73 Å². The molecule has 1 saturated heterocycles. The average Bonchev–Trinajstić information content (AvgIpc) is 2.74. The number of nitrogens with two attached hydrogens (primary N) is 1. The molecule has 7 heteroatoms. The van der Waals surface area contributed by atoms with E-state index >= 15 is 0 Å². The molecule has 1 aliphatic rings. The van der Waals surface area contributed by atoms with Gasteiger partial charge in [0.2, 0.25) is 0 Å². The Kier molecular flexibility index (Phi) is 6.28. The van der Waals surface area contributed by atoms with Gasteiger partial charge < -0.3 is 15.7 Å². The Morgan fingerprint density at radius 2 is 1.96 bits per heavy atom. The third kappa shape index (κ3) is 4.32. The summed E-state index contributed by atoms with van der Waals surface area (Å²) in [5.74, 6) is -0.559. The van der Waals surface area contributed by atoms with E-state index in [9.17, 15) is 14.7 Å². The summed E-state index contributed by atoms with van der Waals surface area (Å²) in [4.78, 5) is 31.2. The summed E-state index contributed by atoms with van der Waals surface area (Å²) in [6, 6.07) is 12.6. The highest BCUT2D eigenvalue weighted by Crippen LogP contribution is 2.29. The monoisotopic (exact) mass is 383 g/mol. The SMILES string of the molecule is CONC(=O)c1cc(C(=O)N2CCC(c3cccc(CN)c3)CC2)ccc1O. The van der Waals surface area contributed by atoms with Crippen molar-refractivity contribution >= 4 is 11.8 Å². The number of phenolic OH excluding ortho intramolecular Hbond substituents is 1. The van der Waals surface area contributed by atoms with Gasteiger partial charge in [0.25, 0.3) is 11.8 Å². The second-order valence-electron chi connectivity index (χ2n) is 6.88. The Balaban J connectivity index is 1.68. The number of carbonyl (C=O) groups excluding carboxylic acids is 2. The minimum absolute atomic E-state index is 0.00110. The Morgan fingerprint density at radius 3 is 2.64 bits per heavy atom. The maximum atomic E-state index is 12.9. The van der Waals surface area contributed by atoms with E-state index in [1.165, 1.54) is 30.9 Å². The molecule has 0 spiro atoms. The van der Waals surface area contributed by atoms with Crippen molar-refractivity contribution in [3.05, 3.63) is 64.7 Å². The predicted octanol–water partition coefficient (Wildman–Crippen LogP) is 2.16. The maximum Gasteiger partial charge on any atom is 0.278 e. The smallest absolute Gasteiger partial charge is 0.278 e. The first-order chi connectivity index (χ1) is 13.5. The van der Waals surface area contributed by atoms with Crippen molar-refractivity contribution in [2.75, 3.05) is 20.2 Å². The van der Waals surface area contributed by atoms with Crippen LogP contribution in [0.2, 0.25) is 0 Å². The van der Waals surface area contributed by atoms with E-state index in [1.807, 2.05) is 12.1 Å². The lowest BCUT2D eigenvalue weighted by Crippen LogP contribution is -2.38. The molecular formula is C21H25N3O4. The first-order valence-corrected chi connectivity index (χ1v) is 9.28. The normalized spacial score (nSPS) is 14.7. The van der Waals surface area contributed by atoms with Crippen LogP contribution in [0.1, 0.15) is 50.6 Å². The van der Waals surface area contributed by atoms with Crippen LogP contribution in [0.4, 0.5) is 0 Å². The average molecular weight is 383 g/mol. The molecule has 1 aliphatic heterocycles. The molecule has 0 saturated carbocycles. The Labute approximate surface area is 164 Å². The Bertz CT molecular complexity index is 860. The molecule has 28 heavy (non-hydrogen) atoms. The fourth-order valence-electron chi connectivity index (χ4n) is 3.57. The Morgan fingerprint density at radius 1 is 1.21 bits per heavy atom. The minimum Gasteiger partial charge on any atom is -0.507 e. The van der Waals surface area contributed by atoms with Gasteiger partial charge in [-0.2, -0.15) is 0 Å². The van der Waals surface area contributed by atoms with Crippen molar-refractivity contribution in [2.45, 2.75) is 25.3 Å². The number of benzene rings is 2. The summed E-state index contributed by atoms with van der Waals surface area (Å²) in [5, 5.41) is 9.88. The third-order valence-electron chi connectivity index (χ3n) is 5.12. The number of hydroxylamine groups is 1. The predicted molar refractivity (Wildman–Crippen MR) is 105 cm³/mol. The number of carbonyl (C=O) groups is 2. The van der Waals surface area contributed by atoms with Crippen LogP contribution in [0.15, 0.2) is 42.5 Å². The number of hydrogen-bond donors (Lipinski definition) is 3. The van der Waals surface area contributed by atoms with Crippen molar-refractivity contribution in [3.8, 4) is 5.75 Å². The first-order valence-electron chi connectivity index (χ1n) is 9.28. The minimum atomic E-state index is -0.604. The van der Waals surface area contributed by atoms with E-state index in [4.69, 9.17) is 5.73 Å². The topological polar surface area (TPSA) is 105 Å². The van der Waals surface area contributed by atoms with E-state index in [-0.39, 0.29) is 17.2 Å². The number of nitrogens with one attached hydrogen (secondary N) is 1. The van der Waals surface area contributed by atoms with E-state index in [0.717, 1.165) is 18.4 Å². The van der Waals surface area contributed by atoms with Crippen LogP contribution >= 0.6 is 0 Å². The van der Waals surface area contributed by atoms with Crippen molar-refractivity contribution in [1.29, 1.82) is 0 Å². The van der Waals surface area contributed by atoms with Crippen LogP contribution in [0, 0.1) is 0 Å². The van der Waals surface area contributed by atoms with Crippen LogP contribution in [-0.4, -0.2) is 42.0 Å². The van der Waals surface area contributed by atoms with E-state index in [2.05, 4.69) is 22.5 Å². The van der Waals surface area contributed by atoms with Gasteiger partial charge >= 0.3 is 0 Å². The lowest BCUT2D eigenvalue weighted by Gasteiger charge is -2.32. The molecule has 1 heterocycles. The molecule has 4 N–H and O–H groups in total. The second kappa shape index (κ2) is 8.86. The molecule has 0 bridgehead atoms. The summed E-state index contributed by atoms with van der Waals surface area (Å²) in [6.07, 6.45) is 1.74. The van der Waals surface area contributed by atoms with Gasteiger partial charge in [0.1, 0.15) is 5.75 Å². The highest BCUT2D eigenvalue weighted by molar-refractivity contribution is 6.01. The van der Waals surface area contributed by atoms with E-state index in [1.54, 1.807) is 4.90 Å². The maximum absolute atomic E-state index is 12.9. The largest absolute Gasteiger partial charge is 0.507 e. The van der Waals surface area contributed by atoms with Gasteiger partial charge in [0.15, 0.2) is 0 Å². The van der Waals surface area contributed by atoms with Gasteiger partial charge in [-0.1, -0.05) is 24.3 Å². The molecule has 7 nitrogen and oxygen atoms in total. The second-order valence-corrected chi connectivity index (χ2v) is 6.88. The molecular weight excluding hydrogens is 358 g/mol. The fraction of sp³-hybridized carbons (Fsp3) is 0.333. The summed E-state index contributed by atoms with van der Waals surface area (Å²) < 4.78 is 0. The van der Waals surface area contributed by atoms with Crippen molar-refractivity contribution < 1.29 is 19.5 Å². The van der Waals surface area contributed by atoms with Gasteiger partial charge in [0.05, 0.1) is 12.7 Å². The summed E-state index contributed by atoms with van der Waals surface area (Å²) in [7, 11) is 1.30. The van der Waals surface area contributed by atoms with Gasteiger partial charge in [0, 0.05) is 25.2 Å². The molecule has 2 aromatic rings. The zero-order valence-electron chi connectivity index (χ0n) is 15.9. The number of aromatic hydroxyl groups is 1. The van der Waals surface area contributed by atoms with Gasteiger partial charge in [-0.3, -0.25) is 14.4 Å². The van der Waals surface area contributed by atoms with Crippen LogP contribution in [0.25, 0.3) is 0 Å². The highest BCUT2D eigenvalue weighted by atomic mass is 16.6. The van der Waals surface area contributed by atoms with E-state index < -0.39 is 5.91 Å². The fourth-order valence-corrected chi connectivity index (χ4v) is 3.57. The molecule has 2 aromatic carbocycles. The van der Waals surface area contributed by atoms with Gasteiger partial charge in [-0.25, -0.2) is 5.48 Å². The number of amides is 2. The molecule has 0 aliphatic carbocycles. The number of rotatable bonds is 5. The zero-order valence-corrected chi connectivity index (χ0v) is 15.9. The Hall–Kier alpha value is -2.90. The van der Waals surface area contributed by atoms with Gasteiger partial charge in [-0.15, -0.1) is 0 Å². The summed E-state index contributed by atoms with van der Waals surface area (Å²) in [6.45, 7) is 1.79. The highest BCUT2D eigenvalue weighted by Gasteiger charge is 2.25. The molecule has 0 aromatic heterocycles. The number of likely N-dealkylation sites (tertiary alicyclic amines) is 1. The molecule has 148 valence electrons.